The Labute approximate surface area is 211 Å². The highest BCUT2D eigenvalue weighted by Gasteiger charge is 2.19. The van der Waals surface area contributed by atoms with Crippen molar-refractivity contribution in [3.8, 4) is 33.5 Å². The first-order valence-electron chi connectivity index (χ1n) is 11.6. The predicted octanol–water partition coefficient (Wildman–Crippen LogP) is 6.32. The van der Waals surface area contributed by atoms with Gasteiger partial charge in [0, 0.05) is 57.8 Å². The van der Waals surface area contributed by atoms with Crippen molar-refractivity contribution in [3.63, 3.8) is 0 Å². The number of nitrogens with zero attached hydrogens (tertiary/aromatic N) is 4. The van der Waals surface area contributed by atoms with Crippen molar-refractivity contribution in [2.75, 3.05) is 13.6 Å². The summed E-state index contributed by atoms with van der Waals surface area (Å²) in [6.45, 7) is 1.63. The van der Waals surface area contributed by atoms with Crippen LogP contribution in [0.25, 0.3) is 55.4 Å². The Balaban J connectivity index is 1.50. The van der Waals surface area contributed by atoms with Gasteiger partial charge in [-0.15, -0.1) is 0 Å². The number of fused-ring (bicyclic) bond motifs is 2. The minimum atomic E-state index is -0.354. The van der Waals surface area contributed by atoms with Gasteiger partial charge in [-0.05, 0) is 61.1 Å². The third-order valence-electron chi connectivity index (χ3n) is 6.28. The Morgan fingerprint density at radius 1 is 1.00 bits per heavy atom. The van der Waals surface area contributed by atoms with Gasteiger partial charge in [0.05, 0.1) is 35.0 Å². The van der Waals surface area contributed by atoms with Gasteiger partial charge in [0.1, 0.15) is 5.82 Å². The lowest BCUT2D eigenvalue weighted by atomic mass is 9.98. The zero-order valence-corrected chi connectivity index (χ0v) is 20.2. The molecule has 8 heteroatoms. The van der Waals surface area contributed by atoms with Crippen LogP contribution in [-0.4, -0.2) is 38.3 Å². The second kappa shape index (κ2) is 9.18. The van der Waals surface area contributed by atoms with Crippen molar-refractivity contribution in [2.45, 2.75) is 6.54 Å². The number of hydrogen-bond acceptors (Lipinski definition) is 4. The van der Waals surface area contributed by atoms with Crippen LogP contribution in [0.3, 0.4) is 0 Å². The fourth-order valence-electron chi connectivity index (χ4n) is 4.50. The molecule has 6 rings (SSSR count). The molecular weight excluding hydrogens is 475 g/mol. The molecule has 0 bridgehead atoms. The standard InChI is InChI=1S/C28H22ClFN6/c1-31-9-10-36-16-20(15-34-36)19-12-18-11-17(4-7-24(18)33-14-19)26-27(22-13-21(29)5-6-23(22)30)35-25-3-2-8-32-28(25)26/h2-8,11-16,31,35H,9-10H2,1H3. The molecule has 0 aliphatic carbocycles. The van der Waals surface area contributed by atoms with Crippen molar-refractivity contribution in [1.29, 1.82) is 0 Å². The normalized spacial score (nSPS) is 11.5. The first kappa shape index (κ1) is 22.4. The Hall–Kier alpha value is -4.07. The number of aromatic nitrogens is 5. The summed E-state index contributed by atoms with van der Waals surface area (Å²) in [5.41, 5.74) is 7.20. The molecule has 4 heterocycles. The second-order valence-electron chi connectivity index (χ2n) is 8.63. The van der Waals surface area contributed by atoms with Crippen LogP contribution in [0.4, 0.5) is 4.39 Å². The average molecular weight is 497 g/mol. The Morgan fingerprint density at radius 2 is 1.89 bits per heavy atom. The molecule has 0 atom stereocenters. The van der Waals surface area contributed by atoms with E-state index in [-0.39, 0.29) is 5.82 Å². The number of pyridine rings is 2. The lowest BCUT2D eigenvalue weighted by Gasteiger charge is -2.09. The van der Waals surface area contributed by atoms with Gasteiger partial charge in [0.15, 0.2) is 0 Å². The maximum atomic E-state index is 14.9. The molecular formula is C28H22ClFN6. The van der Waals surface area contributed by atoms with Crippen molar-refractivity contribution in [1.82, 2.24) is 30.0 Å². The molecule has 0 fully saturated rings. The minimum Gasteiger partial charge on any atom is -0.353 e. The van der Waals surface area contributed by atoms with Gasteiger partial charge in [-0.25, -0.2) is 4.39 Å². The molecule has 0 spiro atoms. The van der Waals surface area contributed by atoms with Crippen LogP contribution in [0, 0.1) is 5.82 Å². The van der Waals surface area contributed by atoms with Crippen LogP contribution in [-0.2, 0) is 6.54 Å². The van der Waals surface area contributed by atoms with E-state index in [1.165, 1.54) is 6.07 Å². The predicted molar refractivity (Wildman–Crippen MR) is 142 cm³/mol. The SMILES string of the molecule is CNCCn1cc(-c2cnc3ccc(-c4c(-c5cc(Cl)ccc5F)[nH]c5cccnc45)cc3c2)cn1. The molecule has 0 amide bonds. The van der Waals surface area contributed by atoms with Crippen LogP contribution in [0.2, 0.25) is 5.02 Å². The highest BCUT2D eigenvalue weighted by atomic mass is 35.5. The number of aromatic amines is 1. The van der Waals surface area contributed by atoms with Gasteiger partial charge in [0.2, 0.25) is 0 Å². The fourth-order valence-corrected chi connectivity index (χ4v) is 4.67. The van der Waals surface area contributed by atoms with E-state index in [1.807, 2.05) is 54.6 Å². The molecule has 36 heavy (non-hydrogen) atoms. The van der Waals surface area contributed by atoms with E-state index < -0.39 is 0 Å². The average Bonchev–Trinajstić information content (AvgIpc) is 3.53. The summed E-state index contributed by atoms with van der Waals surface area (Å²) in [5.74, 6) is -0.354. The van der Waals surface area contributed by atoms with E-state index in [0.29, 0.717) is 16.3 Å². The third-order valence-corrected chi connectivity index (χ3v) is 6.51. The molecule has 2 aromatic carbocycles. The number of hydrogen-bond donors (Lipinski definition) is 2. The number of rotatable bonds is 6. The van der Waals surface area contributed by atoms with E-state index in [0.717, 1.165) is 57.3 Å². The molecule has 0 unspecified atom stereocenters. The largest absolute Gasteiger partial charge is 0.353 e. The Morgan fingerprint density at radius 3 is 2.78 bits per heavy atom. The number of H-pyrrole nitrogens is 1. The Bertz CT molecular complexity index is 1720. The zero-order chi connectivity index (χ0) is 24.6. The van der Waals surface area contributed by atoms with Gasteiger partial charge in [0.25, 0.3) is 0 Å². The van der Waals surface area contributed by atoms with Gasteiger partial charge >= 0.3 is 0 Å². The van der Waals surface area contributed by atoms with E-state index in [4.69, 9.17) is 11.6 Å². The van der Waals surface area contributed by atoms with Crippen LogP contribution >= 0.6 is 11.6 Å². The van der Waals surface area contributed by atoms with E-state index in [9.17, 15) is 4.39 Å². The van der Waals surface area contributed by atoms with E-state index in [1.54, 1.807) is 18.3 Å². The molecule has 4 aromatic heterocycles. The fraction of sp³-hybridized carbons (Fsp3) is 0.107. The number of halogens is 2. The van der Waals surface area contributed by atoms with Crippen LogP contribution in [0.15, 0.2) is 79.4 Å². The van der Waals surface area contributed by atoms with Crippen molar-refractivity contribution < 1.29 is 4.39 Å². The first-order chi connectivity index (χ1) is 17.6. The molecule has 0 radical (unpaired) electrons. The second-order valence-corrected chi connectivity index (χ2v) is 9.06. The molecule has 0 saturated heterocycles. The lowest BCUT2D eigenvalue weighted by Crippen LogP contribution is -2.14. The molecule has 178 valence electrons. The van der Waals surface area contributed by atoms with Crippen molar-refractivity contribution in [2.24, 2.45) is 0 Å². The first-order valence-corrected chi connectivity index (χ1v) is 12.0. The van der Waals surface area contributed by atoms with Crippen LogP contribution in [0.1, 0.15) is 0 Å². The monoisotopic (exact) mass is 496 g/mol. The summed E-state index contributed by atoms with van der Waals surface area (Å²) in [4.78, 5) is 12.6. The van der Waals surface area contributed by atoms with E-state index in [2.05, 4.69) is 37.5 Å². The molecule has 0 saturated carbocycles. The van der Waals surface area contributed by atoms with Crippen LogP contribution < -0.4 is 5.32 Å². The minimum absolute atomic E-state index is 0.354. The maximum absolute atomic E-state index is 14.9. The summed E-state index contributed by atoms with van der Waals surface area (Å²) < 4.78 is 16.8. The highest BCUT2D eigenvalue weighted by Crippen LogP contribution is 2.40. The molecule has 0 aliphatic heterocycles. The summed E-state index contributed by atoms with van der Waals surface area (Å²) in [7, 11) is 1.92. The van der Waals surface area contributed by atoms with Gasteiger partial charge in [-0.3, -0.25) is 14.6 Å². The number of nitrogens with one attached hydrogen (secondary N) is 2. The topological polar surface area (TPSA) is 71.4 Å². The Kier molecular flexibility index (Phi) is 5.71. The summed E-state index contributed by atoms with van der Waals surface area (Å²) in [5, 5.41) is 9.02. The quantitative estimate of drug-likeness (QED) is 0.283. The maximum Gasteiger partial charge on any atom is 0.132 e. The summed E-state index contributed by atoms with van der Waals surface area (Å²) >= 11 is 6.23. The number of benzene rings is 2. The highest BCUT2D eigenvalue weighted by molar-refractivity contribution is 6.31. The molecule has 6 nitrogen and oxygen atoms in total. The van der Waals surface area contributed by atoms with Gasteiger partial charge in [-0.1, -0.05) is 17.7 Å². The molecule has 6 aromatic rings. The van der Waals surface area contributed by atoms with Crippen molar-refractivity contribution >= 4 is 33.5 Å². The van der Waals surface area contributed by atoms with Crippen LogP contribution in [0.5, 0.6) is 0 Å². The molecule has 2 N–H and O–H groups in total. The van der Waals surface area contributed by atoms with Gasteiger partial charge in [-0.2, -0.15) is 5.10 Å². The number of likely N-dealkylation sites (N-methyl/N-ethyl adjacent to an activating group) is 1. The van der Waals surface area contributed by atoms with Crippen molar-refractivity contribution in [3.05, 3.63) is 90.2 Å². The summed E-state index contributed by atoms with van der Waals surface area (Å²) in [6.07, 6.45) is 7.48. The smallest absolute Gasteiger partial charge is 0.132 e. The van der Waals surface area contributed by atoms with E-state index >= 15 is 0 Å². The molecule has 0 aliphatic rings. The zero-order valence-electron chi connectivity index (χ0n) is 19.5. The third kappa shape index (κ3) is 4.02. The summed E-state index contributed by atoms with van der Waals surface area (Å²) in [6, 6.07) is 16.5. The lowest BCUT2D eigenvalue weighted by molar-refractivity contribution is 0.585. The van der Waals surface area contributed by atoms with Gasteiger partial charge < -0.3 is 10.3 Å².